The van der Waals surface area contributed by atoms with E-state index in [0.717, 1.165) is 13.1 Å². The first-order valence-electron chi connectivity index (χ1n) is 6.62. The molecule has 0 saturated heterocycles. The SMILES string of the molecule is Cc1n(CCCCn2cc[n+](C)c2C)cc[n+]1C.[Br-].[Br-]. The molecule has 2 rings (SSSR count). The Morgan fingerprint density at radius 2 is 1.15 bits per heavy atom. The van der Waals surface area contributed by atoms with Gasteiger partial charge in [-0.1, -0.05) is 0 Å². The number of unbranched alkanes of at least 4 members (excludes halogenated alkanes) is 1. The van der Waals surface area contributed by atoms with E-state index < -0.39 is 0 Å². The Kier molecular flexibility index (Phi) is 8.35. The van der Waals surface area contributed by atoms with Gasteiger partial charge in [0.25, 0.3) is 11.6 Å². The maximum atomic E-state index is 2.32. The molecule has 2 heterocycles. The Morgan fingerprint density at radius 1 is 0.800 bits per heavy atom. The molecule has 0 amide bonds. The highest BCUT2D eigenvalue weighted by Crippen LogP contribution is 2.02. The second kappa shape index (κ2) is 8.62. The van der Waals surface area contributed by atoms with Crippen molar-refractivity contribution in [1.82, 2.24) is 9.13 Å². The van der Waals surface area contributed by atoms with Crippen LogP contribution in [-0.2, 0) is 27.2 Å². The molecule has 0 aliphatic heterocycles. The average molecular weight is 408 g/mol. The van der Waals surface area contributed by atoms with Gasteiger partial charge in [-0.15, -0.1) is 0 Å². The van der Waals surface area contributed by atoms with Crippen molar-refractivity contribution in [3.05, 3.63) is 36.4 Å². The van der Waals surface area contributed by atoms with Crippen LogP contribution in [0.2, 0.25) is 0 Å². The summed E-state index contributed by atoms with van der Waals surface area (Å²) in [5.74, 6) is 2.64. The summed E-state index contributed by atoms with van der Waals surface area (Å²) < 4.78 is 8.97. The molecule has 20 heavy (non-hydrogen) atoms. The van der Waals surface area contributed by atoms with Gasteiger partial charge in [-0.2, -0.15) is 0 Å². The van der Waals surface area contributed by atoms with Crippen molar-refractivity contribution in [3.8, 4) is 0 Å². The summed E-state index contributed by atoms with van der Waals surface area (Å²) in [6.07, 6.45) is 11.0. The van der Waals surface area contributed by atoms with Crippen LogP contribution in [0, 0.1) is 13.8 Å². The largest absolute Gasteiger partial charge is 1.00 e. The molecule has 0 spiro atoms. The Balaban J connectivity index is 0.00000180. The van der Waals surface area contributed by atoms with E-state index in [0.29, 0.717) is 0 Å². The molecule has 0 N–H and O–H groups in total. The first-order valence-corrected chi connectivity index (χ1v) is 6.62. The van der Waals surface area contributed by atoms with Crippen LogP contribution in [-0.4, -0.2) is 9.13 Å². The lowest BCUT2D eigenvalue weighted by Gasteiger charge is -2.00. The lowest BCUT2D eigenvalue weighted by Crippen LogP contribution is -3.00. The van der Waals surface area contributed by atoms with Crippen molar-refractivity contribution in [2.75, 3.05) is 0 Å². The lowest BCUT2D eigenvalue weighted by molar-refractivity contribution is -0.677. The highest BCUT2D eigenvalue weighted by Gasteiger charge is 2.10. The summed E-state index contributed by atoms with van der Waals surface area (Å²) in [5, 5.41) is 0. The number of aryl methyl sites for hydroxylation is 4. The maximum Gasteiger partial charge on any atom is 0.253 e. The van der Waals surface area contributed by atoms with Gasteiger partial charge in [0.15, 0.2) is 0 Å². The van der Waals surface area contributed by atoms with Gasteiger partial charge in [0.05, 0.1) is 27.2 Å². The van der Waals surface area contributed by atoms with E-state index in [1.54, 1.807) is 0 Å². The van der Waals surface area contributed by atoms with Crippen LogP contribution < -0.4 is 43.1 Å². The van der Waals surface area contributed by atoms with Gasteiger partial charge in [-0.3, -0.25) is 0 Å². The third-order valence-electron chi connectivity index (χ3n) is 3.84. The number of imidazole rings is 2. The summed E-state index contributed by atoms with van der Waals surface area (Å²) in [6.45, 7) is 6.55. The fourth-order valence-electron chi connectivity index (χ4n) is 2.23. The minimum atomic E-state index is 0. The van der Waals surface area contributed by atoms with Crippen LogP contribution in [0.1, 0.15) is 24.5 Å². The molecule has 0 aliphatic rings. The van der Waals surface area contributed by atoms with Crippen LogP contribution in [0.3, 0.4) is 0 Å². The molecule has 0 bridgehead atoms. The predicted molar refractivity (Wildman–Crippen MR) is 69.9 cm³/mol. The molecule has 0 saturated carbocycles. The average Bonchev–Trinajstić information content (AvgIpc) is 2.83. The van der Waals surface area contributed by atoms with Gasteiger partial charge < -0.3 is 34.0 Å². The molecule has 0 radical (unpaired) electrons. The number of nitrogens with zero attached hydrogens (tertiary/aromatic N) is 4. The zero-order valence-electron chi connectivity index (χ0n) is 12.7. The van der Waals surface area contributed by atoms with E-state index in [1.807, 2.05) is 0 Å². The minimum Gasteiger partial charge on any atom is -1.00 e. The van der Waals surface area contributed by atoms with Crippen molar-refractivity contribution in [3.63, 3.8) is 0 Å². The second-order valence-electron chi connectivity index (χ2n) is 5.01. The summed E-state index contributed by atoms with van der Waals surface area (Å²) in [6, 6.07) is 0. The van der Waals surface area contributed by atoms with E-state index >= 15 is 0 Å². The van der Waals surface area contributed by atoms with Gasteiger partial charge in [0, 0.05) is 13.8 Å². The summed E-state index contributed by atoms with van der Waals surface area (Å²) in [5.41, 5.74) is 0. The van der Waals surface area contributed by atoms with E-state index in [-0.39, 0.29) is 34.0 Å². The van der Waals surface area contributed by atoms with Crippen molar-refractivity contribution < 1.29 is 43.1 Å². The Morgan fingerprint density at radius 3 is 1.40 bits per heavy atom. The standard InChI is InChI=1S/C14H24N4.2BrH/c1-13-15(3)9-11-17(13)7-5-6-8-18-12-10-16(4)14(18)2;;/h9-12H,5-8H2,1-4H3;2*1H/q+2;;/p-2. The van der Waals surface area contributed by atoms with Crippen molar-refractivity contribution >= 4 is 0 Å². The second-order valence-corrected chi connectivity index (χ2v) is 5.01. The maximum absolute atomic E-state index is 2.32. The van der Waals surface area contributed by atoms with Crippen LogP contribution in [0.15, 0.2) is 24.8 Å². The van der Waals surface area contributed by atoms with Crippen molar-refractivity contribution in [2.24, 2.45) is 14.1 Å². The zero-order chi connectivity index (χ0) is 13.1. The Hall–Kier alpha value is -0.620. The smallest absolute Gasteiger partial charge is 0.253 e. The summed E-state index contributed by atoms with van der Waals surface area (Å²) in [4.78, 5) is 0. The van der Waals surface area contributed by atoms with Crippen molar-refractivity contribution in [2.45, 2.75) is 39.8 Å². The number of halogens is 2. The predicted octanol–water partition coefficient (Wildman–Crippen LogP) is -4.96. The fourth-order valence-corrected chi connectivity index (χ4v) is 2.23. The first kappa shape index (κ1) is 19.4. The van der Waals surface area contributed by atoms with Gasteiger partial charge in [-0.25, -0.2) is 18.3 Å². The normalized spacial score (nSPS) is 10.0. The molecule has 2 aromatic rings. The molecular formula is C14H24Br2N4. The minimum absolute atomic E-state index is 0. The van der Waals surface area contributed by atoms with Crippen LogP contribution in [0.4, 0.5) is 0 Å². The first-order chi connectivity index (χ1) is 8.59. The summed E-state index contributed by atoms with van der Waals surface area (Å²) in [7, 11) is 4.18. The third-order valence-corrected chi connectivity index (χ3v) is 3.84. The van der Waals surface area contributed by atoms with Crippen LogP contribution in [0.25, 0.3) is 0 Å². The highest BCUT2D eigenvalue weighted by molar-refractivity contribution is 4.80. The van der Waals surface area contributed by atoms with E-state index in [2.05, 4.69) is 71.0 Å². The molecular weight excluding hydrogens is 384 g/mol. The zero-order valence-corrected chi connectivity index (χ0v) is 15.9. The topological polar surface area (TPSA) is 17.6 Å². The molecule has 2 aromatic heterocycles. The fraction of sp³-hybridized carbons (Fsp3) is 0.571. The Labute approximate surface area is 142 Å². The molecule has 0 unspecified atom stereocenters. The van der Waals surface area contributed by atoms with Gasteiger partial charge in [-0.05, 0) is 12.8 Å². The number of rotatable bonds is 5. The lowest BCUT2D eigenvalue weighted by atomic mass is 10.3. The number of hydrogen-bond donors (Lipinski definition) is 0. The molecule has 0 fully saturated rings. The highest BCUT2D eigenvalue weighted by atomic mass is 79.9. The third kappa shape index (κ3) is 4.45. The quantitative estimate of drug-likeness (QED) is 0.349. The molecule has 0 atom stereocenters. The van der Waals surface area contributed by atoms with Crippen molar-refractivity contribution in [1.29, 1.82) is 0 Å². The van der Waals surface area contributed by atoms with E-state index in [1.165, 1.54) is 24.5 Å². The van der Waals surface area contributed by atoms with E-state index in [9.17, 15) is 0 Å². The van der Waals surface area contributed by atoms with Crippen LogP contribution in [0.5, 0.6) is 0 Å². The van der Waals surface area contributed by atoms with Gasteiger partial charge in [0.1, 0.15) is 24.8 Å². The number of aromatic nitrogens is 4. The summed E-state index contributed by atoms with van der Waals surface area (Å²) >= 11 is 0. The molecule has 6 heteroatoms. The van der Waals surface area contributed by atoms with E-state index in [4.69, 9.17) is 0 Å². The molecule has 0 aliphatic carbocycles. The monoisotopic (exact) mass is 406 g/mol. The Bertz CT molecular complexity index is 483. The van der Waals surface area contributed by atoms with Crippen LogP contribution >= 0.6 is 0 Å². The number of hydrogen-bond acceptors (Lipinski definition) is 0. The van der Waals surface area contributed by atoms with Gasteiger partial charge >= 0.3 is 0 Å². The molecule has 0 aromatic carbocycles. The van der Waals surface area contributed by atoms with Gasteiger partial charge in [0.2, 0.25) is 0 Å². The molecule has 4 nitrogen and oxygen atoms in total. The molecule has 114 valence electrons.